The molecule has 8 nitrogen and oxygen atoms in total. The molecule has 0 bridgehead atoms. The molecule has 164 valence electrons. The van der Waals surface area contributed by atoms with Crippen LogP contribution in [-0.4, -0.2) is 61.3 Å². The van der Waals surface area contributed by atoms with E-state index in [0.717, 1.165) is 22.2 Å². The molecule has 2 N–H and O–H groups in total. The van der Waals surface area contributed by atoms with E-state index in [1.54, 1.807) is 19.2 Å². The zero-order chi connectivity index (χ0) is 22.5. The summed E-state index contributed by atoms with van der Waals surface area (Å²) in [5, 5.41) is 15.8. The Kier molecular flexibility index (Phi) is 6.21. The van der Waals surface area contributed by atoms with Gasteiger partial charge in [0.25, 0.3) is 0 Å². The first-order valence-electron chi connectivity index (χ1n) is 10.3. The Balaban J connectivity index is 1.36. The lowest BCUT2D eigenvalue weighted by Gasteiger charge is -2.36. The molecule has 2 amide bonds. The maximum Gasteiger partial charge on any atom is 0.329 e. The van der Waals surface area contributed by atoms with Crippen LogP contribution < -0.4 is 15.1 Å². The van der Waals surface area contributed by atoms with E-state index in [-0.39, 0.29) is 5.75 Å². The Morgan fingerprint density at radius 2 is 1.72 bits per heavy atom. The third kappa shape index (κ3) is 4.34. The second-order valence-electron chi connectivity index (χ2n) is 7.37. The van der Waals surface area contributed by atoms with E-state index < -0.39 is 11.8 Å². The molecule has 4 rings (SSSR count). The number of nitrogens with one attached hydrogen (secondary N) is 1. The number of ether oxygens (including phenoxy) is 1. The monoisotopic (exact) mass is 432 g/mol. The molecule has 1 aliphatic rings. The minimum Gasteiger partial charge on any atom is -0.507 e. The van der Waals surface area contributed by atoms with Crippen LogP contribution in [0.25, 0.3) is 10.8 Å². The Hall–Kier alpha value is -4.07. The molecule has 0 atom stereocenters. The number of phenols is 1. The number of rotatable bonds is 4. The van der Waals surface area contributed by atoms with Gasteiger partial charge in [0, 0.05) is 31.7 Å². The summed E-state index contributed by atoms with van der Waals surface area (Å²) in [6.07, 6.45) is 1.35. The van der Waals surface area contributed by atoms with Gasteiger partial charge in [0.05, 0.1) is 19.0 Å². The highest BCUT2D eigenvalue weighted by Gasteiger charge is 2.26. The van der Waals surface area contributed by atoms with Gasteiger partial charge in [-0.3, -0.25) is 9.59 Å². The number of fused-ring (bicyclic) bond motifs is 1. The number of piperazine rings is 1. The fourth-order valence-electron chi connectivity index (χ4n) is 3.81. The minimum absolute atomic E-state index is 0.0421. The molecule has 0 unspecified atom stereocenters. The number of aromatic hydroxyl groups is 1. The lowest BCUT2D eigenvalue weighted by molar-refractivity contribution is -0.146. The standard InChI is InChI=1S/C24H24N4O4/c1-32-22-9-5-4-8-20(22)27-12-14-28(15-13-27)24(31)23(30)26-25-16-19-18-7-3-2-6-17(18)10-11-21(19)29/h2-11,16,29H,12-15H2,1H3,(H,26,30)/b25-16+. The maximum atomic E-state index is 12.5. The lowest BCUT2D eigenvalue weighted by atomic mass is 10.0. The molecule has 1 aliphatic heterocycles. The van der Waals surface area contributed by atoms with Crippen LogP contribution in [-0.2, 0) is 9.59 Å². The Bertz CT molecular complexity index is 1170. The fraction of sp³-hybridized carbons (Fsp3) is 0.208. The third-order valence-electron chi connectivity index (χ3n) is 5.49. The highest BCUT2D eigenvalue weighted by atomic mass is 16.5. The Morgan fingerprint density at radius 1 is 1.00 bits per heavy atom. The molecular weight excluding hydrogens is 408 g/mol. The number of phenolic OH excluding ortho intramolecular Hbond substituents is 1. The van der Waals surface area contributed by atoms with Crippen molar-refractivity contribution in [2.45, 2.75) is 0 Å². The van der Waals surface area contributed by atoms with Gasteiger partial charge < -0.3 is 19.6 Å². The molecule has 0 aliphatic carbocycles. The first-order valence-corrected chi connectivity index (χ1v) is 10.3. The molecule has 32 heavy (non-hydrogen) atoms. The average molecular weight is 432 g/mol. The number of methoxy groups -OCH3 is 1. The number of para-hydroxylation sites is 2. The van der Waals surface area contributed by atoms with E-state index in [2.05, 4.69) is 15.4 Å². The predicted octanol–water partition coefficient (Wildman–Crippen LogP) is 2.35. The van der Waals surface area contributed by atoms with Gasteiger partial charge in [-0.25, -0.2) is 5.43 Å². The fourth-order valence-corrected chi connectivity index (χ4v) is 3.81. The van der Waals surface area contributed by atoms with Crippen LogP contribution in [0.5, 0.6) is 11.5 Å². The average Bonchev–Trinajstić information content (AvgIpc) is 2.85. The van der Waals surface area contributed by atoms with Gasteiger partial charge in [-0.1, -0.05) is 42.5 Å². The quantitative estimate of drug-likeness (QED) is 0.375. The largest absolute Gasteiger partial charge is 0.507 e. The highest BCUT2D eigenvalue weighted by molar-refractivity contribution is 6.35. The topological polar surface area (TPSA) is 94.5 Å². The Morgan fingerprint density at radius 3 is 2.50 bits per heavy atom. The smallest absolute Gasteiger partial charge is 0.329 e. The van der Waals surface area contributed by atoms with E-state index in [0.29, 0.717) is 31.7 Å². The van der Waals surface area contributed by atoms with Crippen molar-refractivity contribution in [3.8, 4) is 11.5 Å². The summed E-state index contributed by atoms with van der Waals surface area (Å²) in [6.45, 7) is 2.01. The minimum atomic E-state index is -0.813. The van der Waals surface area contributed by atoms with Gasteiger partial charge in [-0.2, -0.15) is 5.10 Å². The molecule has 0 spiro atoms. The van der Waals surface area contributed by atoms with Crippen molar-refractivity contribution in [2.75, 3.05) is 38.2 Å². The summed E-state index contributed by atoms with van der Waals surface area (Å²) in [7, 11) is 1.63. The van der Waals surface area contributed by atoms with E-state index in [1.807, 2.05) is 48.5 Å². The third-order valence-corrected chi connectivity index (χ3v) is 5.49. The summed E-state index contributed by atoms with van der Waals surface area (Å²) < 4.78 is 5.41. The van der Waals surface area contributed by atoms with Crippen molar-refractivity contribution in [1.29, 1.82) is 0 Å². The van der Waals surface area contributed by atoms with Gasteiger partial charge in [-0.05, 0) is 29.0 Å². The van der Waals surface area contributed by atoms with Crippen molar-refractivity contribution < 1.29 is 19.4 Å². The number of hydrogen-bond acceptors (Lipinski definition) is 6. The molecule has 1 fully saturated rings. The number of nitrogens with zero attached hydrogens (tertiary/aromatic N) is 3. The lowest BCUT2D eigenvalue weighted by Crippen LogP contribution is -2.52. The second kappa shape index (κ2) is 9.38. The first kappa shape index (κ1) is 21.2. The van der Waals surface area contributed by atoms with Crippen molar-refractivity contribution in [2.24, 2.45) is 5.10 Å². The van der Waals surface area contributed by atoms with Crippen molar-refractivity contribution in [3.63, 3.8) is 0 Å². The summed E-state index contributed by atoms with van der Waals surface area (Å²) in [6, 6.07) is 18.6. The van der Waals surface area contributed by atoms with E-state index in [9.17, 15) is 14.7 Å². The molecule has 0 aromatic heterocycles. The normalized spacial score (nSPS) is 14.0. The molecule has 1 saturated heterocycles. The number of amides is 2. The molecule has 8 heteroatoms. The Labute approximate surface area is 185 Å². The van der Waals surface area contributed by atoms with Crippen LogP contribution >= 0.6 is 0 Å². The van der Waals surface area contributed by atoms with Crippen molar-refractivity contribution in [1.82, 2.24) is 10.3 Å². The number of benzene rings is 3. The maximum absolute atomic E-state index is 12.5. The summed E-state index contributed by atoms with van der Waals surface area (Å²) in [4.78, 5) is 28.5. The number of anilines is 1. The van der Waals surface area contributed by atoms with E-state index in [1.165, 1.54) is 11.1 Å². The van der Waals surface area contributed by atoms with Gasteiger partial charge in [0.15, 0.2) is 0 Å². The summed E-state index contributed by atoms with van der Waals surface area (Å²) in [5.41, 5.74) is 3.71. The van der Waals surface area contributed by atoms with E-state index in [4.69, 9.17) is 4.74 Å². The zero-order valence-electron chi connectivity index (χ0n) is 17.7. The number of hydrazone groups is 1. The van der Waals surface area contributed by atoms with E-state index >= 15 is 0 Å². The van der Waals surface area contributed by atoms with Crippen LogP contribution in [0.3, 0.4) is 0 Å². The highest BCUT2D eigenvalue weighted by Crippen LogP contribution is 2.28. The van der Waals surface area contributed by atoms with Gasteiger partial charge in [0.2, 0.25) is 0 Å². The predicted molar refractivity (Wildman–Crippen MR) is 123 cm³/mol. The number of hydrogen-bond donors (Lipinski definition) is 2. The molecule has 1 heterocycles. The zero-order valence-corrected chi connectivity index (χ0v) is 17.7. The molecule has 3 aromatic rings. The van der Waals surface area contributed by atoms with Crippen LogP contribution in [0, 0.1) is 0 Å². The molecule has 0 saturated carbocycles. The summed E-state index contributed by atoms with van der Waals surface area (Å²) >= 11 is 0. The van der Waals surface area contributed by atoms with Gasteiger partial charge >= 0.3 is 11.8 Å². The molecule has 0 radical (unpaired) electrons. The first-order chi connectivity index (χ1) is 15.6. The van der Waals surface area contributed by atoms with Crippen molar-refractivity contribution in [3.05, 3.63) is 66.2 Å². The van der Waals surface area contributed by atoms with Gasteiger partial charge in [-0.15, -0.1) is 0 Å². The van der Waals surface area contributed by atoms with Gasteiger partial charge in [0.1, 0.15) is 11.5 Å². The van der Waals surface area contributed by atoms with Crippen LogP contribution in [0.1, 0.15) is 5.56 Å². The molecular formula is C24H24N4O4. The molecule has 3 aromatic carbocycles. The van der Waals surface area contributed by atoms with Crippen LogP contribution in [0.2, 0.25) is 0 Å². The number of carbonyl (C=O) groups excluding carboxylic acids is 2. The van der Waals surface area contributed by atoms with Crippen LogP contribution in [0.15, 0.2) is 65.8 Å². The van der Waals surface area contributed by atoms with Crippen molar-refractivity contribution >= 4 is 34.5 Å². The second-order valence-corrected chi connectivity index (χ2v) is 7.37. The summed E-state index contributed by atoms with van der Waals surface area (Å²) in [5.74, 6) is -0.632. The number of carbonyl (C=O) groups is 2. The SMILES string of the molecule is COc1ccccc1N1CCN(C(=O)C(=O)N/N=C/c2c(O)ccc3ccccc23)CC1. The van der Waals surface area contributed by atoms with Crippen LogP contribution in [0.4, 0.5) is 5.69 Å².